The minimum atomic E-state index is -0.432. The Kier molecular flexibility index (Phi) is 4.71. The van der Waals surface area contributed by atoms with Gasteiger partial charge >= 0.3 is 0 Å². The summed E-state index contributed by atoms with van der Waals surface area (Å²) in [6, 6.07) is 2.32. The van der Waals surface area contributed by atoms with Crippen LogP contribution < -0.4 is 5.32 Å². The number of likely N-dealkylation sites (tertiary alicyclic amines) is 1. The lowest BCUT2D eigenvalue weighted by Crippen LogP contribution is -2.64. The molecule has 0 aromatic carbocycles. The topological polar surface area (TPSA) is 70.4 Å². The molecule has 1 aromatic heterocycles. The summed E-state index contributed by atoms with van der Waals surface area (Å²) >= 11 is 0. The van der Waals surface area contributed by atoms with Crippen LogP contribution >= 0.6 is 0 Å². The summed E-state index contributed by atoms with van der Waals surface area (Å²) < 4.78 is 1.75. The molecule has 2 aliphatic rings. The molecular formula is C18H30N4O2. The van der Waals surface area contributed by atoms with Crippen molar-refractivity contribution in [2.45, 2.75) is 57.7 Å². The normalized spacial score (nSPS) is 33.2. The standard InChI is InChI=1S/C18H30N4O2/c1-12(2)17-18(11-21(17)3)9-14(15(23)10-18)19-16(24)6-5-13-7-8-22(4)20-13/h7-8,12,14-15,17,23H,5-6,9-11H2,1-4H3,(H,19,24)/t14-,15-,17?,18?/m1/s1. The maximum absolute atomic E-state index is 12.3. The Bertz CT molecular complexity index is 595. The molecule has 2 N–H and O–H groups in total. The molecule has 6 heteroatoms. The highest BCUT2D eigenvalue weighted by Gasteiger charge is 2.58. The first-order valence-electron chi connectivity index (χ1n) is 8.97. The number of aliphatic hydroxyl groups excluding tert-OH is 1. The zero-order valence-corrected chi connectivity index (χ0v) is 15.2. The third-order valence-electron chi connectivity index (χ3n) is 5.73. The van der Waals surface area contributed by atoms with Crippen molar-refractivity contribution in [3.05, 3.63) is 18.0 Å². The quantitative estimate of drug-likeness (QED) is 0.841. The Morgan fingerprint density at radius 3 is 2.79 bits per heavy atom. The second-order valence-corrected chi connectivity index (χ2v) is 8.10. The molecular weight excluding hydrogens is 304 g/mol. The Morgan fingerprint density at radius 1 is 1.46 bits per heavy atom. The maximum atomic E-state index is 12.3. The van der Waals surface area contributed by atoms with Gasteiger partial charge in [0.2, 0.25) is 5.91 Å². The van der Waals surface area contributed by atoms with Crippen LogP contribution in [0.15, 0.2) is 12.3 Å². The highest BCUT2D eigenvalue weighted by molar-refractivity contribution is 5.76. The van der Waals surface area contributed by atoms with Crippen LogP contribution in [-0.4, -0.2) is 57.5 Å². The fourth-order valence-corrected chi connectivity index (χ4v) is 5.11. The lowest BCUT2D eigenvalue weighted by Gasteiger charge is -2.57. The van der Waals surface area contributed by atoms with Crippen LogP contribution in [0.5, 0.6) is 0 Å². The summed E-state index contributed by atoms with van der Waals surface area (Å²) in [4.78, 5) is 14.6. The highest BCUT2D eigenvalue weighted by atomic mass is 16.3. The average molecular weight is 334 g/mol. The van der Waals surface area contributed by atoms with Gasteiger partial charge in [-0.3, -0.25) is 9.48 Å². The van der Waals surface area contributed by atoms with Gasteiger partial charge in [-0.1, -0.05) is 13.8 Å². The number of hydrogen-bond acceptors (Lipinski definition) is 4. The number of rotatable bonds is 5. The summed E-state index contributed by atoms with van der Waals surface area (Å²) in [6.45, 7) is 5.51. The van der Waals surface area contributed by atoms with Crippen molar-refractivity contribution < 1.29 is 9.90 Å². The van der Waals surface area contributed by atoms with E-state index in [1.165, 1.54) is 0 Å². The van der Waals surface area contributed by atoms with Crippen molar-refractivity contribution in [3.8, 4) is 0 Å². The molecule has 1 amide bonds. The van der Waals surface area contributed by atoms with E-state index in [0.29, 0.717) is 24.8 Å². The second kappa shape index (κ2) is 6.48. The first kappa shape index (κ1) is 17.4. The number of amides is 1. The van der Waals surface area contributed by atoms with Crippen molar-refractivity contribution >= 4 is 5.91 Å². The lowest BCUT2D eigenvalue weighted by atomic mass is 9.66. The largest absolute Gasteiger partial charge is 0.391 e. The molecule has 1 spiro atoms. The van der Waals surface area contributed by atoms with E-state index in [1.807, 2.05) is 19.3 Å². The molecule has 1 aromatic rings. The van der Waals surface area contributed by atoms with E-state index in [-0.39, 0.29) is 17.4 Å². The van der Waals surface area contributed by atoms with Crippen LogP contribution in [0.1, 0.15) is 38.8 Å². The molecule has 1 saturated heterocycles. The average Bonchev–Trinajstić information content (AvgIpc) is 3.01. The fourth-order valence-electron chi connectivity index (χ4n) is 5.11. The zero-order chi connectivity index (χ0) is 17.5. The lowest BCUT2D eigenvalue weighted by molar-refractivity contribution is -0.122. The van der Waals surface area contributed by atoms with Crippen molar-refractivity contribution in [3.63, 3.8) is 0 Å². The van der Waals surface area contributed by atoms with E-state index in [0.717, 1.165) is 25.1 Å². The molecule has 0 radical (unpaired) electrons. The van der Waals surface area contributed by atoms with Crippen LogP contribution in [0.4, 0.5) is 0 Å². The Morgan fingerprint density at radius 2 is 2.21 bits per heavy atom. The third kappa shape index (κ3) is 3.22. The summed E-state index contributed by atoms with van der Waals surface area (Å²) in [5.41, 5.74) is 1.10. The van der Waals surface area contributed by atoms with E-state index < -0.39 is 6.10 Å². The van der Waals surface area contributed by atoms with Crippen molar-refractivity contribution in [2.24, 2.45) is 18.4 Å². The number of aryl methyl sites for hydroxylation is 2. The van der Waals surface area contributed by atoms with Crippen molar-refractivity contribution in [1.29, 1.82) is 0 Å². The number of aliphatic hydroxyl groups is 1. The molecule has 3 rings (SSSR count). The van der Waals surface area contributed by atoms with Gasteiger partial charge in [-0.25, -0.2) is 0 Å². The van der Waals surface area contributed by atoms with Crippen LogP contribution in [0, 0.1) is 11.3 Å². The van der Waals surface area contributed by atoms with E-state index in [4.69, 9.17) is 0 Å². The number of hydrogen-bond donors (Lipinski definition) is 2. The van der Waals surface area contributed by atoms with Gasteiger partial charge in [0, 0.05) is 44.1 Å². The van der Waals surface area contributed by atoms with Gasteiger partial charge in [0.15, 0.2) is 0 Å². The van der Waals surface area contributed by atoms with Gasteiger partial charge in [0.1, 0.15) is 0 Å². The van der Waals surface area contributed by atoms with Crippen molar-refractivity contribution in [2.75, 3.05) is 13.6 Å². The van der Waals surface area contributed by atoms with E-state index in [1.54, 1.807) is 4.68 Å². The monoisotopic (exact) mass is 334 g/mol. The Balaban J connectivity index is 1.53. The molecule has 134 valence electrons. The summed E-state index contributed by atoms with van der Waals surface area (Å²) in [5.74, 6) is 0.574. The third-order valence-corrected chi connectivity index (χ3v) is 5.73. The molecule has 4 atom stereocenters. The first-order valence-corrected chi connectivity index (χ1v) is 8.97. The SMILES string of the molecule is CC(C)C1N(C)CC12C[C@@H](O)[C@H](NC(=O)CCc1ccn(C)n1)C2. The summed E-state index contributed by atoms with van der Waals surface area (Å²) in [6.07, 6.45) is 4.19. The maximum Gasteiger partial charge on any atom is 0.220 e. The number of carbonyl (C=O) groups excluding carboxylic acids is 1. The van der Waals surface area contributed by atoms with E-state index >= 15 is 0 Å². The minimum absolute atomic E-state index is 0.00975. The number of nitrogens with zero attached hydrogens (tertiary/aromatic N) is 3. The Labute approximate surface area is 144 Å². The minimum Gasteiger partial charge on any atom is -0.391 e. The van der Waals surface area contributed by atoms with Crippen LogP contribution in [0.3, 0.4) is 0 Å². The molecule has 24 heavy (non-hydrogen) atoms. The molecule has 2 heterocycles. The van der Waals surface area contributed by atoms with E-state index in [9.17, 15) is 9.90 Å². The molecule has 6 nitrogen and oxygen atoms in total. The highest BCUT2D eigenvalue weighted by Crippen LogP contribution is 2.52. The van der Waals surface area contributed by atoms with Gasteiger partial charge in [0.25, 0.3) is 0 Å². The van der Waals surface area contributed by atoms with Gasteiger partial charge in [-0.05, 0) is 31.9 Å². The van der Waals surface area contributed by atoms with Crippen LogP contribution in [0.2, 0.25) is 0 Å². The summed E-state index contributed by atoms with van der Waals surface area (Å²) in [5, 5.41) is 17.8. The molecule has 1 saturated carbocycles. The molecule has 0 bridgehead atoms. The molecule has 1 aliphatic carbocycles. The van der Waals surface area contributed by atoms with E-state index in [2.05, 4.69) is 36.2 Å². The van der Waals surface area contributed by atoms with Crippen molar-refractivity contribution in [1.82, 2.24) is 20.0 Å². The van der Waals surface area contributed by atoms with Gasteiger partial charge in [0.05, 0.1) is 17.8 Å². The number of carbonyl (C=O) groups is 1. The fraction of sp³-hybridized carbons (Fsp3) is 0.778. The van der Waals surface area contributed by atoms with Crippen LogP contribution in [0.25, 0.3) is 0 Å². The molecule has 2 unspecified atom stereocenters. The number of aromatic nitrogens is 2. The first-order chi connectivity index (χ1) is 11.3. The number of nitrogens with one attached hydrogen (secondary N) is 1. The predicted octanol–water partition coefficient (Wildman–Crippen LogP) is 0.949. The molecule has 1 aliphatic heterocycles. The van der Waals surface area contributed by atoms with Crippen LogP contribution in [-0.2, 0) is 18.3 Å². The molecule has 2 fully saturated rings. The van der Waals surface area contributed by atoms with Gasteiger partial charge < -0.3 is 15.3 Å². The van der Waals surface area contributed by atoms with Gasteiger partial charge in [-0.2, -0.15) is 5.10 Å². The summed E-state index contributed by atoms with van der Waals surface area (Å²) in [7, 11) is 4.03. The van der Waals surface area contributed by atoms with Gasteiger partial charge in [-0.15, -0.1) is 0 Å². The smallest absolute Gasteiger partial charge is 0.220 e. The Hall–Kier alpha value is -1.40. The predicted molar refractivity (Wildman–Crippen MR) is 92.4 cm³/mol. The zero-order valence-electron chi connectivity index (χ0n) is 15.2. The second-order valence-electron chi connectivity index (χ2n) is 8.10.